The van der Waals surface area contributed by atoms with Crippen molar-refractivity contribution in [3.05, 3.63) is 27.7 Å². The number of carbonyl (C=O) groups excluding carboxylic acids is 1. The summed E-state index contributed by atoms with van der Waals surface area (Å²) in [6, 6.07) is 2.04. The molecule has 0 aromatic heterocycles. The standard InChI is InChI=1S/C27H40Cl2F3NO5SSi/c1-15(2)40(16(3)4,17(5)6)38-19-9-7-18(8-10-19)24(21-11-12-33-26(21)34)25-22(28)13-20(14-23(25)29)37-39(35,36)27(30,31)32/h13-19,21,24H,7-12H2,1-6H3,(H,33,34)/t18?,19?,21-,24?/m1/s1. The van der Waals surface area contributed by atoms with E-state index in [1.165, 1.54) is 0 Å². The Balaban J connectivity index is 1.90. The summed E-state index contributed by atoms with van der Waals surface area (Å²) in [5.74, 6) is -1.54. The molecule has 13 heteroatoms. The van der Waals surface area contributed by atoms with Crippen LogP contribution in [-0.4, -0.2) is 40.8 Å². The Morgan fingerprint density at radius 2 is 1.43 bits per heavy atom. The van der Waals surface area contributed by atoms with Crippen molar-refractivity contribution >= 4 is 47.5 Å². The maximum Gasteiger partial charge on any atom is 0.534 e. The lowest BCUT2D eigenvalue weighted by molar-refractivity contribution is -0.123. The van der Waals surface area contributed by atoms with Crippen molar-refractivity contribution < 1.29 is 35.0 Å². The first kappa shape index (κ1) is 33.5. The average molecular weight is 647 g/mol. The van der Waals surface area contributed by atoms with Gasteiger partial charge >= 0.3 is 15.6 Å². The average Bonchev–Trinajstić information content (AvgIpc) is 3.24. The van der Waals surface area contributed by atoms with Gasteiger partial charge in [0.15, 0.2) is 0 Å². The number of rotatable bonds is 10. The molecule has 0 bridgehead atoms. The smallest absolute Gasteiger partial charge is 0.413 e. The molecular formula is C27H40Cl2F3NO5SSi. The van der Waals surface area contributed by atoms with Crippen LogP contribution in [0.25, 0.3) is 0 Å². The van der Waals surface area contributed by atoms with Crippen LogP contribution in [0.5, 0.6) is 5.75 Å². The molecule has 6 nitrogen and oxygen atoms in total. The largest absolute Gasteiger partial charge is 0.534 e. The molecule has 1 saturated heterocycles. The van der Waals surface area contributed by atoms with Crippen molar-refractivity contribution in [2.45, 2.75) is 108 Å². The van der Waals surface area contributed by atoms with E-state index in [2.05, 4.69) is 51.0 Å². The molecule has 228 valence electrons. The first-order chi connectivity index (χ1) is 18.4. The van der Waals surface area contributed by atoms with Gasteiger partial charge in [0.1, 0.15) is 5.75 Å². The Kier molecular flexibility index (Phi) is 10.6. The Morgan fingerprint density at radius 1 is 0.925 bits per heavy atom. The Labute approximate surface area is 246 Å². The molecule has 1 saturated carbocycles. The summed E-state index contributed by atoms with van der Waals surface area (Å²) in [5.41, 5.74) is -3.79. The second-order valence-corrected chi connectivity index (χ2v) is 19.7. The highest BCUT2D eigenvalue weighted by Crippen LogP contribution is 2.50. The van der Waals surface area contributed by atoms with Gasteiger partial charge in [0.05, 0.1) is 0 Å². The molecule has 2 fully saturated rings. The van der Waals surface area contributed by atoms with Gasteiger partial charge in [-0.15, -0.1) is 0 Å². The predicted octanol–water partition coefficient (Wildman–Crippen LogP) is 8.19. The number of hydrogen-bond donors (Lipinski definition) is 1. The Bertz CT molecular complexity index is 1130. The number of benzene rings is 1. The summed E-state index contributed by atoms with van der Waals surface area (Å²) in [6.07, 6.45) is 3.85. The third kappa shape index (κ3) is 6.79. The van der Waals surface area contributed by atoms with Crippen molar-refractivity contribution in [2.24, 2.45) is 11.8 Å². The Morgan fingerprint density at radius 3 is 1.82 bits per heavy atom. The fraction of sp³-hybridized carbons (Fsp3) is 0.741. The van der Waals surface area contributed by atoms with Crippen LogP contribution < -0.4 is 9.50 Å². The van der Waals surface area contributed by atoms with Gasteiger partial charge < -0.3 is 13.9 Å². The van der Waals surface area contributed by atoms with Gasteiger partial charge in [0.25, 0.3) is 0 Å². The summed E-state index contributed by atoms with van der Waals surface area (Å²) in [4.78, 5) is 12.9. The maximum atomic E-state index is 12.9. The number of hydrogen-bond acceptors (Lipinski definition) is 5. The van der Waals surface area contributed by atoms with E-state index in [9.17, 15) is 26.4 Å². The van der Waals surface area contributed by atoms with E-state index in [0.717, 1.165) is 37.8 Å². The Hall–Kier alpha value is -1.01. The van der Waals surface area contributed by atoms with Crippen LogP contribution in [0, 0.1) is 11.8 Å². The molecule has 1 heterocycles. The molecule has 0 radical (unpaired) electrons. The van der Waals surface area contributed by atoms with Gasteiger partial charge in [-0.2, -0.15) is 21.6 Å². The molecule has 2 aliphatic rings. The first-order valence-corrected chi connectivity index (χ1v) is 18.2. The van der Waals surface area contributed by atoms with Crippen molar-refractivity contribution in [1.29, 1.82) is 0 Å². The summed E-state index contributed by atoms with van der Waals surface area (Å²) in [6.45, 7) is 14.0. The highest BCUT2D eigenvalue weighted by molar-refractivity contribution is 7.88. The van der Waals surface area contributed by atoms with Crippen molar-refractivity contribution in [3.8, 4) is 5.75 Å². The zero-order valence-electron chi connectivity index (χ0n) is 23.8. The number of halogens is 5. The lowest BCUT2D eigenvalue weighted by Gasteiger charge is -2.46. The topological polar surface area (TPSA) is 81.7 Å². The highest BCUT2D eigenvalue weighted by Gasteiger charge is 2.50. The van der Waals surface area contributed by atoms with Crippen LogP contribution in [0.4, 0.5) is 13.2 Å². The highest BCUT2D eigenvalue weighted by atomic mass is 35.5. The first-order valence-electron chi connectivity index (χ1n) is 13.9. The normalized spacial score (nSPS) is 23.6. The predicted molar refractivity (Wildman–Crippen MR) is 154 cm³/mol. The van der Waals surface area contributed by atoms with Crippen LogP contribution in [0.1, 0.15) is 85.1 Å². The van der Waals surface area contributed by atoms with Gasteiger partial charge in [0.2, 0.25) is 14.2 Å². The molecular weight excluding hydrogens is 606 g/mol. The van der Waals surface area contributed by atoms with E-state index in [1.54, 1.807) is 0 Å². The number of amides is 1. The van der Waals surface area contributed by atoms with E-state index in [0.29, 0.717) is 35.2 Å². The van der Waals surface area contributed by atoms with Gasteiger partial charge in [-0.1, -0.05) is 64.7 Å². The second-order valence-electron chi connectivity index (χ2n) is 12.0. The summed E-state index contributed by atoms with van der Waals surface area (Å²) < 4.78 is 72.9. The molecule has 40 heavy (non-hydrogen) atoms. The lowest BCUT2D eigenvalue weighted by Crippen LogP contribution is -2.50. The summed E-state index contributed by atoms with van der Waals surface area (Å²) >= 11 is 13.1. The molecule has 1 aliphatic heterocycles. The van der Waals surface area contributed by atoms with Crippen molar-refractivity contribution in [2.75, 3.05) is 6.54 Å². The quantitative estimate of drug-likeness (QED) is 0.158. The molecule has 1 aliphatic carbocycles. The SMILES string of the molecule is CC(C)[Si](OC1CCC(C(c2c(Cl)cc(OS(=O)(=O)C(F)(F)F)cc2Cl)[C@H]2CCNC2=O)CC1)(C(C)C)C(C)C. The van der Waals surface area contributed by atoms with Crippen molar-refractivity contribution in [3.63, 3.8) is 0 Å². The van der Waals surface area contributed by atoms with Crippen LogP contribution in [-0.2, 0) is 19.3 Å². The number of carbonyl (C=O) groups is 1. The molecule has 1 N–H and O–H groups in total. The van der Waals surface area contributed by atoms with E-state index in [4.69, 9.17) is 27.6 Å². The van der Waals surface area contributed by atoms with Crippen molar-refractivity contribution in [1.82, 2.24) is 5.32 Å². The van der Waals surface area contributed by atoms with E-state index in [1.807, 2.05) is 0 Å². The molecule has 1 aromatic rings. The van der Waals surface area contributed by atoms with E-state index >= 15 is 0 Å². The molecule has 1 aromatic carbocycles. The van der Waals surface area contributed by atoms with Crippen LogP contribution in [0.15, 0.2) is 12.1 Å². The van der Waals surface area contributed by atoms with Gasteiger partial charge in [-0.05, 0) is 60.2 Å². The van der Waals surface area contributed by atoms with Crippen LogP contribution in [0.3, 0.4) is 0 Å². The third-order valence-electron chi connectivity index (χ3n) is 8.70. The maximum absolute atomic E-state index is 12.9. The summed E-state index contributed by atoms with van der Waals surface area (Å²) in [5, 5.41) is 2.79. The number of alkyl halides is 3. The van der Waals surface area contributed by atoms with Crippen LogP contribution in [0.2, 0.25) is 26.7 Å². The monoisotopic (exact) mass is 645 g/mol. The molecule has 1 amide bonds. The zero-order chi connectivity index (χ0) is 30.2. The van der Waals surface area contributed by atoms with Gasteiger partial charge in [-0.25, -0.2) is 0 Å². The molecule has 0 spiro atoms. The van der Waals surface area contributed by atoms with E-state index < -0.39 is 35.6 Å². The lowest BCUT2D eigenvalue weighted by atomic mass is 9.70. The number of nitrogens with one attached hydrogen (secondary N) is 1. The second kappa shape index (κ2) is 12.7. The molecule has 1 unspecified atom stereocenters. The fourth-order valence-electron chi connectivity index (χ4n) is 7.09. The fourth-order valence-corrected chi connectivity index (χ4v) is 13.9. The van der Waals surface area contributed by atoms with Gasteiger partial charge in [0, 0.05) is 46.7 Å². The van der Waals surface area contributed by atoms with Gasteiger partial charge in [-0.3, -0.25) is 4.79 Å². The van der Waals surface area contributed by atoms with Crippen LogP contribution >= 0.6 is 23.2 Å². The minimum atomic E-state index is -5.89. The molecule has 3 rings (SSSR count). The minimum absolute atomic E-state index is 0.0302. The van der Waals surface area contributed by atoms with E-state index in [-0.39, 0.29) is 33.9 Å². The minimum Gasteiger partial charge on any atom is -0.413 e. The third-order valence-corrected chi connectivity index (χ3v) is 16.5. The molecule has 2 atom stereocenters. The zero-order valence-corrected chi connectivity index (χ0v) is 27.1. The summed E-state index contributed by atoms with van der Waals surface area (Å²) in [7, 11) is -7.97.